The maximum atomic E-state index is 9.17. The van der Waals surface area contributed by atoms with Gasteiger partial charge >= 0.3 is 0 Å². The molecule has 1 rings (SSSR count). The number of oxime groups is 1. The molecule has 1 saturated heterocycles. The smallest absolute Gasteiger partial charge is 0.144 e. The normalized spacial score (nSPS) is 26.6. The topological polar surface area (TPSA) is 91.3 Å². The summed E-state index contributed by atoms with van der Waals surface area (Å²) in [5, 5.41) is 21.0. The lowest BCUT2D eigenvalue weighted by molar-refractivity contribution is -0.0954. The summed E-state index contributed by atoms with van der Waals surface area (Å²) >= 11 is 0. The molecule has 1 aliphatic rings. The third kappa shape index (κ3) is 4.97. The van der Waals surface area contributed by atoms with Crippen molar-refractivity contribution in [3.05, 3.63) is 0 Å². The summed E-state index contributed by atoms with van der Waals surface area (Å²) in [4.78, 5) is 2.30. The molecular weight excluding hydrogens is 246 g/mol. The Bertz CT molecular complexity index is 308. The lowest BCUT2D eigenvalue weighted by Gasteiger charge is -2.36. The number of morpholine rings is 1. The minimum Gasteiger partial charge on any atom is -0.409 e. The minimum atomic E-state index is -0.289. The molecule has 0 aromatic rings. The molecule has 0 saturated carbocycles. The zero-order valence-corrected chi connectivity index (χ0v) is 12.2. The highest BCUT2D eigenvalue weighted by atomic mass is 16.5. The molecule has 0 aromatic carbocycles. The average molecular weight is 273 g/mol. The van der Waals surface area contributed by atoms with Gasteiger partial charge < -0.3 is 20.8 Å². The Morgan fingerprint density at radius 3 is 2.74 bits per heavy atom. The largest absolute Gasteiger partial charge is 0.409 e. The van der Waals surface area contributed by atoms with Crippen LogP contribution in [-0.4, -0.2) is 59.5 Å². The van der Waals surface area contributed by atoms with Crippen LogP contribution in [0.1, 0.15) is 33.6 Å². The Hall–Kier alpha value is -0.850. The second-order valence-corrected chi connectivity index (χ2v) is 5.98. The molecule has 2 unspecified atom stereocenters. The van der Waals surface area contributed by atoms with E-state index < -0.39 is 0 Å². The molecule has 0 radical (unpaired) electrons. The number of aliphatic hydroxyl groups excluding tert-OH is 1. The SMILES string of the molecule is CC1CN(CCCC(C)(C)C(N)=NO)CC(CO)O1. The van der Waals surface area contributed by atoms with Crippen LogP contribution in [0.4, 0.5) is 0 Å². The highest BCUT2D eigenvalue weighted by molar-refractivity contribution is 5.85. The molecule has 2 atom stereocenters. The fraction of sp³-hybridized carbons (Fsp3) is 0.923. The van der Waals surface area contributed by atoms with Gasteiger partial charge in [-0.15, -0.1) is 0 Å². The maximum absolute atomic E-state index is 9.17. The summed E-state index contributed by atoms with van der Waals surface area (Å²) < 4.78 is 5.60. The Morgan fingerprint density at radius 2 is 2.16 bits per heavy atom. The number of nitrogens with two attached hydrogens (primary N) is 1. The van der Waals surface area contributed by atoms with E-state index in [1.54, 1.807) is 0 Å². The summed E-state index contributed by atoms with van der Waals surface area (Å²) in [6.45, 7) is 8.63. The molecule has 0 aliphatic carbocycles. The minimum absolute atomic E-state index is 0.0659. The first-order chi connectivity index (χ1) is 8.89. The van der Waals surface area contributed by atoms with Crippen LogP contribution in [-0.2, 0) is 4.74 Å². The average Bonchev–Trinajstić information content (AvgIpc) is 2.36. The summed E-state index contributed by atoms with van der Waals surface area (Å²) in [5.74, 6) is 0.274. The molecule has 0 bridgehead atoms. The summed E-state index contributed by atoms with van der Waals surface area (Å²) in [6, 6.07) is 0. The highest BCUT2D eigenvalue weighted by Crippen LogP contribution is 2.23. The Balaban J connectivity index is 2.36. The fourth-order valence-corrected chi connectivity index (χ4v) is 2.43. The molecule has 0 amide bonds. The van der Waals surface area contributed by atoms with Crippen LogP contribution in [0.15, 0.2) is 5.16 Å². The molecule has 1 aliphatic heterocycles. The predicted molar refractivity (Wildman–Crippen MR) is 74.3 cm³/mol. The number of aliphatic hydroxyl groups is 1. The van der Waals surface area contributed by atoms with Crippen molar-refractivity contribution in [2.24, 2.45) is 16.3 Å². The third-order valence-corrected chi connectivity index (χ3v) is 3.68. The highest BCUT2D eigenvalue weighted by Gasteiger charge is 2.26. The lowest BCUT2D eigenvalue weighted by atomic mass is 9.86. The summed E-state index contributed by atoms with van der Waals surface area (Å²) in [5.41, 5.74) is 5.38. The molecule has 1 heterocycles. The summed E-state index contributed by atoms with van der Waals surface area (Å²) in [6.07, 6.45) is 1.90. The van der Waals surface area contributed by atoms with E-state index in [0.29, 0.717) is 0 Å². The van der Waals surface area contributed by atoms with Crippen molar-refractivity contribution in [1.82, 2.24) is 4.90 Å². The van der Waals surface area contributed by atoms with Gasteiger partial charge in [-0.1, -0.05) is 19.0 Å². The van der Waals surface area contributed by atoms with Gasteiger partial charge in [0.25, 0.3) is 0 Å². The van der Waals surface area contributed by atoms with E-state index in [-0.39, 0.29) is 30.1 Å². The van der Waals surface area contributed by atoms with E-state index in [1.807, 2.05) is 20.8 Å². The molecule has 19 heavy (non-hydrogen) atoms. The van der Waals surface area contributed by atoms with Gasteiger partial charge in [-0.2, -0.15) is 0 Å². The van der Waals surface area contributed by atoms with Gasteiger partial charge in [-0.25, -0.2) is 0 Å². The zero-order valence-electron chi connectivity index (χ0n) is 12.2. The third-order valence-electron chi connectivity index (χ3n) is 3.68. The van der Waals surface area contributed by atoms with Gasteiger partial charge in [0, 0.05) is 18.5 Å². The molecule has 0 aromatic heterocycles. The van der Waals surface area contributed by atoms with Crippen LogP contribution in [0.2, 0.25) is 0 Å². The maximum Gasteiger partial charge on any atom is 0.144 e. The molecule has 112 valence electrons. The molecule has 6 nitrogen and oxygen atoms in total. The van der Waals surface area contributed by atoms with E-state index in [4.69, 9.17) is 15.7 Å². The monoisotopic (exact) mass is 273 g/mol. The van der Waals surface area contributed by atoms with Gasteiger partial charge in [0.05, 0.1) is 18.8 Å². The van der Waals surface area contributed by atoms with E-state index in [9.17, 15) is 5.11 Å². The van der Waals surface area contributed by atoms with Crippen molar-refractivity contribution in [3.63, 3.8) is 0 Å². The fourth-order valence-electron chi connectivity index (χ4n) is 2.43. The van der Waals surface area contributed by atoms with Crippen LogP contribution in [0.3, 0.4) is 0 Å². The second-order valence-electron chi connectivity index (χ2n) is 5.98. The number of rotatable bonds is 6. The quantitative estimate of drug-likeness (QED) is 0.286. The van der Waals surface area contributed by atoms with Gasteiger partial charge in [0.15, 0.2) is 0 Å². The molecular formula is C13H27N3O3. The summed E-state index contributed by atoms with van der Waals surface area (Å²) in [7, 11) is 0. The Morgan fingerprint density at radius 1 is 1.47 bits per heavy atom. The number of hydrogen-bond acceptors (Lipinski definition) is 5. The van der Waals surface area contributed by atoms with Crippen LogP contribution in [0.25, 0.3) is 0 Å². The van der Waals surface area contributed by atoms with Gasteiger partial charge in [-0.3, -0.25) is 4.90 Å². The van der Waals surface area contributed by atoms with E-state index >= 15 is 0 Å². The van der Waals surface area contributed by atoms with Crippen LogP contribution < -0.4 is 5.73 Å². The number of hydrogen-bond donors (Lipinski definition) is 3. The van der Waals surface area contributed by atoms with E-state index in [1.165, 1.54) is 0 Å². The first-order valence-corrected chi connectivity index (χ1v) is 6.85. The molecule has 6 heteroatoms. The standard InChI is InChI=1S/C13H27N3O3/c1-10-7-16(8-11(9-17)19-10)6-4-5-13(2,3)12(14)15-18/h10-11,17-18H,4-9H2,1-3H3,(H2,14,15). The first-order valence-electron chi connectivity index (χ1n) is 6.85. The van der Waals surface area contributed by atoms with Crippen molar-refractivity contribution < 1.29 is 15.1 Å². The predicted octanol–water partition coefficient (Wildman–Crippen LogP) is 0.621. The van der Waals surface area contributed by atoms with Crippen molar-refractivity contribution >= 4 is 5.84 Å². The number of nitrogens with zero attached hydrogens (tertiary/aromatic N) is 2. The Kier molecular flexibility index (Phi) is 6.03. The molecule has 1 fully saturated rings. The van der Waals surface area contributed by atoms with Crippen LogP contribution in [0.5, 0.6) is 0 Å². The molecule has 4 N–H and O–H groups in total. The second kappa shape index (κ2) is 7.07. The van der Waals surface area contributed by atoms with E-state index in [0.717, 1.165) is 32.5 Å². The van der Waals surface area contributed by atoms with Crippen LogP contribution >= 0.6 is 0 Å². The number of amidine groups is 1. The van der Waals surface area contributed by atoms with Crippen molar-refractivity contribution in [3.8, 4) is 0 Å². The van der Waals surface area contributed by atoms with Crippen molar-refractivity contribution in [1.29, 1.82) is 0 Å². The first kappa shape index (κ1) is 16.2. The van der Waals surface area contributed by atoms with Gasteiger partial charge in [0.2, 0.25) is 0 Å². The molecule has 0 spiro atoms. The van der Waals surface area contributed by atoms with Crippen molar-refractivity contribution in [2.45, 2.75) is 45.8 Å². The van der Waals surface area contributed by atoms with Gasteiger partial charge in [0.1, 0.15) is 5.84 Å². The number of ether oxygens (including phenoxy) is 1. The lowest BCUT2D eigenvalue weighted by Crippen LogP contribution is -2.48. The zero-order chi connectivity index (χ0) is 14.5. The van der Waals surface area contributed by atoms with Crippen LogP contribution in [0, 0.1) is 5.41 Å². The van der Waals surface area contributed by atoms with Crippen molar-refractivity contribution in [2.75, 3.05) is 26.2 Å². The van der Waals surface area contributed by atoms with E-state index in [2.05, 4.69) is 10.1 Å². The van der Waals surface area contributed by atoms with Gasteiger partial charge in [-0.05, 0) is 26.3 Å². The Labute approximate surface area is 115 Å².